The van der Waals surface area contributed by atoms with Crippen molar-refractivity contribution in [2.24, 2.45) is 0 Å². The summed E-state index contributed by atoms with van der Waals surface area (Å²) in [7, 11) is 0. The summed E-state index contributed by atoms with van der Waals surface area (Å²) in [4.78, 5) is 22.5. The molecule has 0 saturated carbocycles. The van der Waals surface area contributed by atoms with Gasteiger partial charge in [0.05, 0.1) is 15.5 Å². The molecule has 1 N–H and O–H groups in total. The van der Waals surface area contributed by atoms with E-state index in [1.807, 2.05) is 0 Å². The zero-order valence-corrected chi connectivity index (χ0v) is 14.4. The Hall–Kier alpha value is -2.40. The maximum absolute atomic E-state index is 12.3. The van der Waals surface area contributed by atoms with Crippen LogP contribution in [0.3, 0.4) is 0 Å². The quantitative estimate of drug-likeness (QED) is 0.626. The Morgan fingerprint density at radius 1 is 1.12 bits per heavy atom. The first-order valence-electron chi connectivity index (χ1n) is 7.79. The fraction of sp³-hybridized carbons (Fsp3) is 0.278. The average molecular weight is 347 g/mol. The Bertz CT molecular complexity index is 775. The fourth-order valence-electron chi connectivity index (χ4n) is 2.48. The van der Waals surface area contributed by atoms with Gasteiger partial charge < -0.3 is 5.32 Å². The first kappa shape index (κ1) is 17.9. The lowest BCUT2D eigenvalue weighted by Gasteiger charge is -2.12. The van der Waals surface area contributed by atoms with Gasteiger partial charge >= 0.3 is 0 Å². The molecule has 0 bridgehead atoms. The lowest BCUT2D eigenvalue weighted by molar-refractivity contribution is -0.384. The van der Waals surface area contributed by atoms with Crippen molar-refractivity contribution < 1.29 is 9.72 Å². The molecule has 0 aliphatic rings. The molecule has 2 aromatic rings. The van der Waals surface area contributed by atoms with Gasteiger partial charge in [-0.25, -0.2) is 0 Å². The van der Waals surface area contributed by atoms with Crippen molar-refractivity contribution in [3.05, 3.63) is 73.8 Å². The number of amides is 1. The van der Waals surface area contributed by atoms with Crippen LogP contribution in [-0.2, 0) is 19.4 Å². The number of nitro groups is 1. The summed E-state index contributed by atoms with van der Waals surface area (Å²) in [5.41, 5.74) is 3.56. The highest BCUT2D eigenvalue weighted by molar-refractivity contribution is 6.34. The second-order valence-electron chi connectivity index (χ2n) is 5.41. The molecule has 5 nitrogen and oxygen atoms in total. The Labute approximate surface area is 145 Å². The number of nitrogens with zero attached hydrogens (tertiary/aromatic N) is 1. The van der Waals surface area contributed by atoms with Crippen molar-refractivity contribution in [3.8, 4) is 0 Å². The van der Waals surface area contributed by atoms with Crippen LogP contribution in [0.1, 0.15) is 40.9 Å². The summed E-state index contributed by atoms with van der Waals surface area (Å²) in [6, 6.07) is 10.1. The molecule has 2 rings (SSSR count). The molecule has 0 atom stereocenters. The molecule has 0 aromatic heterocycles. The molecule has 0 aliphatic heterocycles. The number of rotatable bonds is 6. The summed E-state index contributed by atoms with van der Waals surface area (Å²) in [5.74, 6) is -0.348. The van der Waals surface area contributed by atoms with Crippen LogP contribution < -0.4 is 5.32 Å². The van der Waals surface area contributed by atoms with Crippen molar-refractivity contribution >= 4 is 23.2 Å². The lowest BCUT2D eigenvalue weighted by atomic mass is 10.0. The maximum Gasteiger partial charge on any atom is 0.270 e. The maximum atomic E-state index is 12.3. The molecule has 0 unspecified atom stereocenters. The van der Waals surface area contributed by atoms with Crippen molar-refractivity contribution in [1.29, 1.82) is 0 Å². The van der Waals surface area contributed by atoms with E-state index in [1.165, 1.54) is 29.3 Å². The van der Waals surface area contributed by atoms with E-state index in [2.05, 4.69) is 37.4 Å². The second kappa shape index (κ2) is 7.93. The molecule has 0 aliphatic carbocycles. The van der Waals surface area contributed by atoms with Crippen LogP contribution in [-0.4, -0.2) is 10.8 Å². The topological polar surface area (TPSA) is 72.2 Å². The molecule has 0 radical (unpaired) electrons. The molecule has 24 heavy (non-hydrogen) atoms. The molecule has 6 heteroatoms. The molecule has 0 heterocycles. The highest BCUT2D eigenvalue weighted by atomic mass is 35.5. The SMILES string of the molecule is CCc1ccc(CC)c(CNC(=O)c2ccc([N+](=O)[O-])cc2Cl)c1. The van der Waals surface area contributed by atoms with Crippen LogP contribution in [0.5, 0.6) is 0 Å². The molecular formula is C18H19ClN2O3. The van der Waals surface area contributed by atoms with Gasteiger partial charge in [0, 0.05) is 18.7 Å². The lowest BCUT2D eigenvalue weighted by Crippen LogP contribution is -2.23. The largest absolute Gasteiger partial charge is 0.348 e. The highest BCUT2D eigenvalue weighted by Crippen LogP contribution is 2.22. The number of nitrogens with one attached hydrogen (secondary N) is 1. The van der Waals surface area contributed by atoms with E-state index in [9.17, 15) is 14.9 Å². The van der Waals surface area contributed by atoms with Crippen LogP contribution in [0.2, 0.25) is 5.02 Å². The predicted molar refractivity (Wildman–Crippen MR) is 94.5 cm³/mol. The molecular weight excluding hydrogens is 328 g/mol. The first-order valence-corrected chi connectivity index (χ1v) is 8.16. The minimum absolute atomic E-state index is 0.0692. The minimum Gasteiger partial charge on any atom is -0.348 e. The minimum atomic E-state index is -0.544. The Kier molecular flexibility index (Phi) is 5.93. The van der Waals surface area contributed by atoms with Gasteiger partial charge in [0.15, 0.2) is 0 Å². The standard InChI is InChI=1S/C18H19ClN2O3/c1-3-12-5-6-13(4-2)14(9-12)11-20-18(22)16-8-7-15(21(23)24)10-17(16)19/h5-10H,3-4,11H2,1-2H3,(H,20,22). The molecule has 0 saturated heterocycles. The van der Waals surface area contributed by atoms with Gasteiger partial charge in [-0.2, -0.15) is 0 Å². The Balaban J connectivity index is 2.15. The number of hydrogen-bond acceptors (Lipinski definition) is 3. The average Bonchev–Trinajstić information content (AvgIpc) is 2.59. The third-order valence-corrected chi connectivity index (χ3v) is 4.22. The molecule has 0 fully saturated rings. The van der Waals surface area contributed by atoms with Gasteiger partial charge in [0.2, 0.25) is 0 Å². The molecule has 126 valence electrons. The van der Waals surface area contributed by atoms with E-state index in [4.69, 9.17) is 11.6 Å². The van der Waals surface area contributed by atoms with Crippen molar-refractivity contribution in [1.82, 2.24) is 5.32 Å². The van der Waals surface area contributed by atoms with Crippen molar-refractivity contribution in [2.45, 2.75) is 33.2 Å². The third kappa shape index (κ3) is 4.11. The Morgan fingerprint density at radius 2 is 1.88 bits per heavy atom. The molecule has 2 aromatic carbocycles. The van der Waals surface area contributed by atoms with E-state index < -0.39 is 4.92 Å². The van der Waals surface area contributed by atoms with E-state index in [1.54, 1.807) is 0 Å². The van der Waals surface area contributed by atoms with E-state index >= 15 is 0 Å². The van der Waals surface area contributed by atoms with Crippen LogP contribution in [0.25, 0.3) is 0 Å². The predicted octanol–water partition coefficient (Wildman–Crippen LogP) is 4.30. The van der Waals surface area contributed by atoms with E-state index in [-0.39, 0.29) is 22.2 Å². The van der Waals surface area contributed by atoms with E-state index in [0.29, 0.717) is 6.54 Å². The molecule has 1 amide bonds. The number of halogens is 1. The zero-order chi connectivity index (χ0) is 17.7. The number of benzene rings is 2. The number of non-ortho nitro benzene ring substituents is 1. The van der Waals surface area contributed by atoms with Crippen LogP contribution in [0.15, 0.2) is 36.4 Å². The fourth-order valence-corrected chi connectivity index (χ4v) is 2.74. The second-order valence-corrected chi connectivity index (χ2v) is 5.82. The zero-order valence-electron chi connectivity index (χ0n) is 13.6. The summed E-state index contributed by atoms with van der Waals surface area (Å²) < 4.78 is 0. The first-order chi connectivity index (χ1) is 11.5. The Morgan fingerprint density at radius 3 is 2.46 bits per heavy atom. The number of carbonyl (C=O) groups excluding carboxylic acids is 1. The summed E-state index contributed by atoms with van der Waals surface area (Å²) >= 11 is 5.99. The summed E-state index contributed by atoms with van der Waals surface area (Å²) in [6.07, 6.45) is 1.81. The van der Waals surface area contributed by atoms with Crippen molar-refractivity contribution in [2.75, 3.05) is 0 Å². The number of nitro benzene ring substituents is 1. The van der Waals surface area contributed by atoms with Crippen molar-refractivity contribution in [3.63, 3.8) is 0 Å². The van der Waals surface area contributed by atoms with Gasteiger partial charge in [-0.3, -0.25) is 14.9 Å². The smallest absolute Gasteiger partial charge is 0.270 e. The highest BCUT2D eigenvalue weighted by Gasteiger charge is 2.15. The molecule has 0 spiro atoms. The normalized spacial score (nSPS) is 10.5. The summed E-state index contributed by atoms with van der Waals surface area (Å²) in [6.45, 7) is 4.54. The third-order valence-electron chi connectivity index (χ3n) is 3.91. The van der Waals surface area contributed by atoms with Gasteiger partial charge in [-0.1, -0.05) is 43.6 Å². The van der Waals surface area contributed by atoms with Crippen LogP contribution in [0, 0.1) is 10.1 Å². The number of carbonyl (C=O) groups is 1. The van der Waals surface area contributed by atoms with Crippen LogP contribution in [0.4, 0.5) is 5.69 Å². The van der Waals surface area contributed by atoms with Gasteiger partial charge in [-0.15, -0.1) is 0 Å². The van der Waals surface area contributed by atoms with Gasteiger partial charge in [0.1, 0.15) is 0 Å². The van der Waals surface area contributed by atoms with Gasteiger partial charge in [0.25, 0.3) is 11.6 Å². The monoisotopic (exact) mass is 346 g/mol. The summed E-state index contributed by atoms with van der Waals surface area (Å²) in [5, 5.41) is 13.6. The number of hydrogen-bond donors (Lipinski definition) is 1. The van der Waals surface area contributed by atoms with Crippen LogP contribution >= 0.6 is 11.6 Å². The number of aryl methyl sites for hydroxylation is 2. The van der Waals surface area contributed by atoms with E-state index in [0.717, 1.165) is 18.4 Å². The van der Waals surface area contributed by atoms with Gasteiger partial charge in [-0.05, 0) is 35.6 Å².